The summed E-state index contributed by atoms with van der Waals surface area (Å²) in [5, 5.41) is 15.1. The van der Waals surface area contributed by atoms with Crippen molar-refractivity contribution in [2.75, 3.05) is 11.9 Å². The van der Waals surface area contributed by atoms with E-state index in [9.17, 15) is 19.7 Å². The molecular weight excluding hydrogens is 285 g/mol. The van der Waals surface area contributed by atoms with Crippen LogP contribution in [0.3, 0.4) is 0 Å². The van der Waals surface area contributed by atoms with Crippen LogP contribution in [0.15, 0.2) is 6.07 Å². The number of benzene rings is 1. The van der Waals surface area contributed by atoms with E-state index < -0.39 is 22.4 Å². The topological polar surface area (TPSA) is 101 Å². The number of halogens is 2. The monoisotopic (exact) mass is 289 g/mol. The van der Waals surface area contributed by atoms with Crippen LogP contribution < -0.4 is 10.6 Å². The van der Waals surface area contributed by atoms with Crippen molar-refractivity contribution < 1.29 is 14.5 Å². The molecule has 2 amide bonds. The largest absolute Gasteiger partial charge is 0.343 e. The molecule has 94 valence electrons. The third-order valence-corrected chi connectivity index (χ3v) is 3.07. The number of nitrogens with zero attached hydrogens (tertiary/aromatic N) is 1. The maximum atomic E-state index is 11.7. The molecule has 0 saturated carbocycles. The third-order valence-electron chi connectivity index (χ3n) is 2.29. The van der Waals surface area contributed by atoms with Crippen molar-refractivity contribution in [2.45, 2.75) is 0 Å². The SMILES string of the molecule is O=C1CNC(=O)c2c(cc(Cl)c(Cl)c2[N+](=O)[O-])N1. The Morgan fingerprint density at radius 2 is 2.00 bits per heavy atom. The average molecular weight is 290 g/mol. The van der Waals surface area contributed by atoms with Crippen LogP contribution in [0.2, 0.25) is 10.0 Å². The molecule has 1 aromatic rings. The number of rotatable bonds is 1. The van der Waals surface area contributed by atoms with Gasteiger partial charge in [-0.1, -0.05) is 23.2 Å². The number of nitrogens with one attached hydrogen (secondary N) is 2. The number of carbonyl (C=O) groups excluding carboxylic acids is 2. The first-order valence-corrected chi connectivity index (χ1v) is 5.42. The number of hydrogen-bond acceptors (Lipinski definition) is 4. The summed E-state index contributed by atoms with van der Waals surface area (Å²) in [6.45, 7) is -0.278. The zero-order valence-corrected chi connectivity index (χ0v) is 10.1. The summed E-state index contributed by atoms with van der Waals surface area (Å²) in [6, 6.07) is 1.20. The Labute approximate surface area is 110 Å². The van der Waals surface area contributed by atoms with E-state index in [1.165, 1.54) is 6.07 Å². The first-order valence-electron chi connectivity index (χ1n) is 4.66. The molecule has 0 fully saturated rings. The summed E-state index contributed by atoms with van der Waals surface area (Å²) >= 11 is 11.4. The fourth-order valence-corrected chi connectivity index (χ4v) is 1.97. The molecule has 0 aromatic heterocycles. The summed E-state index contributed by atoms with van der Waals surface area (Å²) in [6.07, 6.45) is 0. The fraction of sp³-hybridized carbons (Fsp3) is 0.111. The Bertz CT molecular complexity index is 588. The molecule has 7 nitrogen and oxygen atoms in total. The molecule has 0 saturated heterocycles. The van der Waals surface area contributed by atoms with E-state index in [1.807, 2.05) is 0 Å². The standard InChI is InChI=1S/C9H5Cl2N3O4/c10-3-1-4-6(8(7(3)11)14(17)18)9(16)12-2-5(15)13-4/h1H,2H2,(H,12,16)(H,13,15). The van der Waals surface area contributed by atoms with Crippen LogP contribution in [0.4, 0.5) is 11.4 Å². The van der Waals surface area contributed by atoms with E-state index in [4.69, 9.17) is 23.2 Å². The summed E-state index contributed by atoms with van der Waals surface area (Å²) in [7, 11) is 0. The van der Waals surface area contributed by atoms with E-state index in [2.05, 4.69) is 10.6 Å². The molecule has 0 aliphatic carbocycles. The molecule has 0 spiro atoms. The Balaban J connectivity index is 2.78. The minimum Gasteiger partial charge on any atom is -0.343 e. The van der Waals surface area contributed by atoms with E-state index >= 15 is 0 Å². The van der Waals surface area contributed by atoms with Crippen molar-refractivity contribution in [2.24, 2.45) is 0 Å². The third kappa shape index (κ3) is 1.98. The molecule has 1 aromatic carbocycles. The maximum absolute atomic E-state index is 11.7. The van der Waals surface area contributed by atoms with Gasteiger partial charge in [-0.05, 0) is 6.07 Å². The fourth-order valence-electron chi connectivity index (χ4n) is 1.56. The maximum Gasteiger partial charge on any atom is 0.304 e. The van der Waals surface area contributed by atoms with Gasteiger partial charge in [0.1, 0.15) is 10.6 Å². The smallest absolute Gasteiger partial charge is 0.304 e. The van der Waals surface area contributed by atoms with E-state index in [0.29, 0.717) is 0 Å². The number of amides is 2. The molecule has 1 aliphatic rings. The molecular formula is C9H5Cl2N3O4. The number of hydrogen-bond donors (Lipinski definition) is 2. The van der Waals surface area contributed by atoms with Crippen molar-refractivity contribution in [3.63, 3.8) is 0 Å². The minimum absolute atomic E-state index is 0.0314. The van der Waals surface area contributed by atoms with Crippen molar-refractivity contribution in [1.29, 1.82) is 0 Å². The van der Waals surface area contributed by atoms with Gasteiger partial charge >= 0.3 is 5.69 Å². The highest BCUT2D eigenvalue weighted by Crippen LogP contribution is 2.39. The number of carbonyl (C=O) groups is 2. The molecule has 1 aliphatic heterocycles. The predicted molar refractivity (Wildman–Crippen MR) is 64.1 cm³/mol. The Morgan fingerprint density at radius 1 is 1.33 bits per heavy atom. The zero-order chi connectivity index (χ0) is 13.4. The van der Waals surface area contributed by atoms with Gasteiger partial charge in [-0.2, -0.15) is 0 Å². The quantitative estimate of drug-likeness (QED) is 0.605. The van der Waals surface area contributed by atoms with Gasteiger partial charge in [0.25, 0.3) is 5.91 Å². The van der Waals surface area contributed by atoms with Crippen molar-refractivity contribution in [1.82, 2.24) is 5.32 Å². The van der Waals surface area contributed by atoms with Crippen LogP contribution in [0.5, 0.6) is 0 Å². The van der Waals surface area contributed by atoms with Gasteiger partial charge in [-0.15, -0.1) is 0 Å². The number of nitro benzene ring substituents is 1. The normalized spacial score (nSPS) is 14.3. The Kier molecular flexibility index (Phi) is 3.10. The number of nitro groups is 1. The Morgan fingerprint density at radius 3 is 2.61 bits per heavy atom. The summed E-state index contributed by atoms with van der Waals surface area (Å²) in [5.41, 5.74) is -0.963. The molecule has 0 unspecified atom stereocenters. The first kappa shape index (κ1) is 12.6. The molecule has 9 heteroatoms. The van der Waals surface area contributed by atoms with Crippen LogP contribution in [0.25, 0.3) is 0 Å². The van der Waals surface area contributed by atoms with Gasteiger partial charge in [0.15, 0.2) is 0 Å². The minimum atomic E-state index is -0.815. The second-order valence-corrected chi connectivity index (χ2v) is 4.22. The van der Waals surface area contributed by atoms with Gasteiger partial charge in [-0.25, -0.2) is 0 Å². The average Bonchev–Trinajstić information content (AvgIpc) is 2.41. The summed E-state index contributed by atoms with van der Waals surface area (Å²) < 4.78 is 0. The molecule has 2 N–H and O–H groups in total. The van der Waals surface area contributed by atoms with E-state index in [-0.39, 0.29) is 27.8 Å². The molecule has 0 atom stereocenters. The van der Waals surface area contributed by atoms with E-state index in [0.717, 1.165) is 0 Å². The van der Waals surface area contributed by atoms with Gasteiger partial charge in [0.05, 0.1) is 22.2 Å². The van der Waals surface area contributed by atoms with Gasteiger partial charge in [0, 0.05) is 0 Å². The van der Waals surface area contributed by atoms with Gasteiger partial charge in [-0.3, -0.25) is 19.7 Å². The van der Waals surface area contributed by atoms with Crippen LogP contribution in [-0.4, -0.2) is 23.3 Å². The molecule has 18 heavy (non-hydrogen) atoms. The lowest BCUT2D eigenvalue weighted by molar-refractivity contribution is -0.384. The number of fused-ring (bicyclic) bond motifs is 1. The lowest BCUT2D eigenvalue weighted by Crippen LogP contribution is -2.28. The van der Waals surface area contributed by atoms with E-state index in [1.54, 1.807) is 0 Å². The zero-order valence-electron chi connectivity index (χ0n) is 8.62. The van der Waals surface area contributed by atoms with Crippen LogP contribution in [-0.2, 0) is 4.79 Å². The van der Waals surface area contributed by atoms with Crippen molar-refractivity contribution >= 4 is 46.4 Å². The van der Waals surface area contributed by atoms with Gasteiger partial charge < -0.3 is 10.6 Å². The van der Waals surface area contributed by atoms with Gasteiger partial charge in [0.2, 0.25) is 5.91 Å². The molecule has 1 heterocycles. The Hall–Kier alpha value is -1.86. The summed E-state index contributed by atoms with van der Waals surface area (Å²) in [5.74, 6) is -1.26. The first-order chi connectivity index (χ1) is 8.41. The molecule has 0 radical (unpaired) electrons. The van der Waals surface area contributed by atoms with Crippen molar-refractivity contribution in [3.8, 4) is 0 Å². The second kappa shape index (κ2) is 4.43. The number of anilines is 1. The highest BCUT2D eigenvalue weighted by Gasteiger charge is 2.32. The lowest BCUT2D eigenvalue weighted by Gasteiger charge is -2.08. The highest BCUT2D eigenvalue weighted by atomic mass is 35.5. The predicted octanol–water partition coefficient (Wildman–Crippen LogP) is 1.58. The van der Waals surface area contributed by atoms with Crippen LogP contribution in [0.1, 0.15) is 10.4 Å². The lowest BCUT2D eigenvalue weighted by atomic mass is 10.1. The molecule has 0 bridgehead atoms. The molecule has 2 rings (SSSR count). The van der Waals surface area contributed by atoms with Crippen molar-refractivity contribution in [3.05, 3.63) is 31.8 Å². The highest BCUT2D eigenvalue weighted by molar-refractivity contribution is 6.44. The second-order valence-electron chi connectivity index (χ2n) is 3.43. The van der Waals surface area contributed by atoms with Crippen LogP contribution >= 0.6 is 23.2 Å². The van der Waals surface area contributed by atoms with Crippen LogP contribution in [0, 0.1) is 10.1 Å². The summed E-state index contributed by atoms with van der Waals surface area (Å²) in [4.78, 5) is 33.2.